The number of ether oxygens (including phenoxy) is 2. The van der Waals surface area contributed by atoms with Crippen molar-refractivity contribution < 1.29 is 23.6 Å². The number of carbonyl (C=O) groups excluding carboxylic acids is 2. The summed E-state index contributed by atoms with van der Waals surface area (Å²) in [5.41, 5.74) is 1.13. The summed E-state index contributed by atoms with van der Waals surface area (Å²) in [5, 5.41) is 3.55. The van der Waals surface area contributed by atoms with Crippen LogP contribution in [0.25, 0.3) is 0 Å². The van der Waals surface area contributed by atoms with Crippen molar-refractivity contribution in [1.82, 2.24) is 5.32 Å². The Morgan fingerprint density at radius 2 is 1.43 bits per heavy atom. The molecule has 0 saturated heterocycles. The van der Waals surface area contributed by atoms with Crippen molar-refractivity contribution in [2.24, 2.45) is 7.05 Å². The van der Waals surface area contributed by atoms with Gasteiger partial charge in [0.25, 0.3) is 5.91 Å². The van der Waals surface area contributed by atoms with Gasteiger partial charge in [0.15, 0.2) is 12.4 Å². The number of nitrogens with zero attached hydrogens (tertiary/aromatic N) is 1. The second kappa shape index (κ2) is 17.1. The number of hydrogen-bond donors (Lipinski definition) is 1. The summed E-state index contributed by atoms with van der Waals surface area (Å²) in [7, 11) is 1.90. The molecular formula is C30H38ClN2O4+. The third kappa shape index (κ3) is 11.5. The van der Waals surface area contributed by atoms with Gasteiger partial charge < -0.3 is 14.8 Å². The molecule has 0 aliphatic carbocycles. The van der Waals surface area contributed by atoms with Crippen LogP contribution in [0.3, 0.4) is 0 Å². The van der Waals surface area contributed by atoms with Gasteiger partial charge in [0.1, 0.15) is 24.1 Å². The van der Waals surface area contributed by atoms with Crippen molar-refractivity contribution in [3.8, 4) is 11.5 Å². The number of nitrogens with one attached hydrogen (secondary N) is 1. The Bertz CT molecular complexity index is 1090. The van der Waals surface area contributed by atoms with Crippen molar-refractivity contribution in [2.75, 3.05) is 13.2 Å². The van der Waals surface area contributed by atoms with Crippen molar-refractivity contribution in [2.45, 2.75) is 52.4 Å². The first-order valence-electron chi connectivity index (χ1n) is 13.0. The average Bonchev–Trinajstić information content (AvgIpc) is 2.92. The lowest BCUT2D eigenvalue weighted by atomic mass is 10.1. The van der Waals surface area contributed by atoms with Crippen LogP contribution in [-0.4, -0.2) is 25.0 Å². The maximum Gasteiger partial charge on any atom is 0.343 e. The lowest BCUT2D eigenvalue weighted by Gasteiger charge is -2.08. The first-order chi connectivity index (χ1) is 18.0. The van der Waals surface area contributed by atoms with E-state index in [2.05, 4.69) is 5.32 Å². The zero-order chi connectivity index (χ0) is 26.9. The van der Waals surface area contributed by atoms with Gasteiger partial charge in [0, 0.05) is 17.6 Å². The molecule has 6 nitrogen and oxygen atoms in total. The Kier molecular flexibility index (Phi) is 13.8. The van der Waals surface area contributed by atoms with Gasteiger partial charge in [-0.3, -0.25) is 4.79 Å². The quantitative estimate of drug-likeness (QED) is 0.119. The average molecular weight is 526 g/mol. The summed E-state index contributed by atoms with van der Waals surface area (Å²) in [6, 6.07) is 17.3. The van der Waals surface area contributed by atoms with E-state index in [0.717, 1.165) is 44.3 Å². The molecular weight excluding hydrogens is 488 g/mol. The first-order valence-corrected chi connectivity index (χ1v) is 13.3. The molecule has 1 aromatic heterocycles. The topological polar surface area (TPSA) is 68.5 Å². The molecule has 0 unspecified atom stereocenters. The summed E-state index contributed by atoms with van der Waals surface area (Å²) in [6.45, 7) is 5.35. The van der Waals surface area contributed by atoms with Gasteiger partial charge in [-0.25, -0.2) is 9.36 Å². The van der Waals surface area contributed by atoms with Crippen LogP contribution in [-0.2, 0) is 7.05 Å². The highest BCUT2D eigenvalue weighted by Gasteiger charge is 2.09. The number of benzene rings is 2. The van der Waals surface area contributed by atoms with E-state index in [-0.39, 0.29) is 5.91 Å². The molecule has 3 rings (SSSR count). The molecule has 0 bridgehead atoms. The Hall–Kier alpha value is -3.38. The maximum atomic E-state index is 12.1. The standard InChI is InChI=1S/C28H31ClN2O4.C2H6/c1-31-19-8-9-23(21-31)27(32)30-18-6-4-2-3-5-7-20-34-25-14-16-26(17-15-25)35-28(33)22-10-12-24(29)13-11-22;1-2/h8-17,19,21H,2-7,18,20H2,1H3;1-2H3/p+1. The molecule has 37 heavy (non-hydrogen) atoms. The van der Waals surface area contributed by atoms with Gasteiger partial charge in [-0.15, -0.1) is 0 Å². The van der Waals surface area contributed by atoms with E-state index in [1.165, 1.54) is 0 Å². The summed E-state index contributed by atoms with van der Waals surface area (Å²) >= 11 is 5.84. The lowest BCUT2D eigenvalue weighted by molar-refractivity contribution is -0.671. The Morgan fingerprint density at radius 3 is 2.11 bits per heavy atom. The van der Waals surface area contributed by atoms with E-state index in [1.807, 2.05) is 50.0 Å². The molecule has 3 aromatic rings. The molecule has 0 spiro atoms. The Labute approximate surface area is 225 Å². The van der Waals surface area contributed by atoms with Gasteiger partial charge in [0.2, 0.25) is 0 Å². The molecule has 7 heteroatoms. The highest BCUT2D eigenvalue weighted by Crippen LogP contribution is 2.20. The van der Waals surface area contributed by atoms with E-state index >= 15 is 0 Å². The van der Waals surface area contributed by atoms with Crippen LogP contribution in [0.5, 0.6) is 11.5 Å². The van der Waals surface area contributed by atoms with Crippen LogP contribution in [0.1, 0.15) is 73.1 Å². The van der Waals surface area contributed by atoms with E-state index in [9.17, 15) is 9.59 Å². The fourth-order valence-corrected chi connectivity index (χ4v) is 3.63. The predicted octanol–water partition coefficient (Wildman–Crippen LogP) is 6.56. The number of halogens is 1. The lowest BCUT2D eigenvalue weighted by Crippen LogP contribution is -2.31. The third-order valence-electron chi connectivity index (χ3n) is 5.44. The minimum atomic E-state index is -0.428. The minimum absolute atomic E-state index is 0.0221. The van der Waals surface area contributed by atoms with E-state index in [4.69, 9.17) is 21.1 Å². The summed E-state index contributed by atoms with van der Waals surface area (Å²) < 4.78 is 13.0. The molecule has 0 atom stereocenters. The highest BCUT2D eigenvalue weighted by atomic mass is 35.5. The number of hydrogen-bond acceptors (Lipinski definition) is 4. The summed E-state index contributed by atoms with van der Waals surface area (Å²) in [6.07, 6.45) is 10.2. The van der Waals surface area contributed by atoms with Crippen LogP contribution < -0.4 is 19.4 Å². The van der Waals surface area contributed by atoms with Gasteiger partial charge in [-0.1, -0.05) is 51.1 Å². The Morgan fingerprint density at radius 1 is 0.811 bits per heavy atom. The molecule has 0 aliphatic rings. The largest absolute Gasteiger partial charge is 0.494 e. The fraction of sp³-hybridized carbons (Fsp3) is 0.367. The number of aryl methyl sites for hydroxylation is 1. The van der Waals surface area contributed by atoms with Crippen LogP contribution in [0, 0.1) is 0 Å². The number of carbonyl (C=O) groups is 2. The van der Waals surface area contributed by atoms with Crippen molar-refractivity contribution in [1.29, 1.82) is 0 Å². The molecule has 2 aromatic carbocycles. The zero-order valence-corrected chi connectivity index (χ0v) is 22.8. The SMILES string of the molecule is CC.C[n+]1cccc(C(=O)NCCCCCCCCOc2ccc(OC(=O)c3ccc(Cl)cc3)cc2)c1. The van der Waals surface area contributed by atoms with Crippen LogP contribution in [0.2, 0.25) is 5.02 Å². The van der Waals surface area contributed by atoms with Gasteiger partial charge in [0.05, 0.1) is 12.2 Å². The third-order valence-corrected chi connectivity index (χ3v) is 5.69. The zero-order valence-electron chi connectivity index (χ0n) is 22.0. The predicted molar refractivity (Wildman–Crippen MR) is 147 cm³/mol. The van der Waals surface area contributed by atoms with Crippen molar-refractivity contribution >= 4 is 23.5 Å². The fourth-order valence-electron chi connectivity index (χ4n) is 3.51. The second-order valence-corrected chi connectivity index (χ2v) is 8.79. The van der Waals surface area contributed by atoms with Crippen molar-refractivity contribution in [3.63, 3.8) is 0 Å². The van der Waals surface area contributed by atoms with Gasteiger partial charge >= 0.3 is 5.97 Å². The van der Waals surface area contributed by atoms with E-state index in [0.29, 0.717) is 35.1 Å². The molecule has 1 heterocycles. The molecule has 0 radical (unpaired) electrons. The number of rotatable bonds is 13. The molecule has 0 fully saturated rings. The molecule has 1 N–H and O–H groups in total. The van der Waals surface area contributed by atoms with Crippen LogP contribution >= 0.6 is 11.6 Å². The van der Waals surface area contributed by atoms with Crippen LogP contribution in [0.15, 0.2) is 73.1 Å². The van der Waals surface area contributed by atoms with Crippen molar-refractivity contribution in [3.05, 3.63) is 89.2 Å². The number of unbranched alkanes of at least 4 members (excludes halogenated alkanes) is 5. The highest BCUT2D eigenvalue weighted by molar-refractivity contribution is 6.30. The number of pyridine rings is 1. The second-order valence-electron chi connectivity index (χ2n) is 8.35. The van der Waals surface area contributed by atoms with Gasteiger partial charge in [-0.2, -0.15) is 0 Å². The number of amides is 1. The summed E-state index contributed by atoms with van der Waals surface area (Å²) in [4.78, 5) is 24.2. The normalized spacial score (nSPS) is 10.2. The first kappa shape index (κ1) is 29.8. The molecule has 198 valence electrons. The number of esters is 1. The Balaban J connectivity index is 0.00000235. The summed E-state index contributed by atoms with van der Waals surface area (Å²) in [5.74, 6) is 0.763. The maximum absolute atomic E-state index is 12.1. The number of aromatic nitrogens is 1. The minimum Gasteiger partial charge on any atom is -0.494 e. The smallest absolute Gasteiger partial charge is 0.343 e. The molecule has 0 aliphatic heterocycles. The molecule has 1 amide bonds. The van der Waals surface area contributed by atoms with E-state index < -0.39 is 5.97 Å². The monoisotopic (exact) mass is 525 g/mol. The van der Waals surface area contributed by atoms with E-state index in [1.54, 1.807) is 48.5 Å². The molecule has 0 saturated carbocycles. The van der Waals surface area contributed by atoms with Crippen LogP contribution in [0.4, 0.5) is 0 Å². The van der Waals surface area contributed by atoms with Gasteiger partial charge in [-0.05, 0) is 67.4 Å².